The summed E-state index contributed by atoms with van der Waals surface area (Å²) < 4.78 is 33.2. The van der Waals surface area contributed by atoms with E-state index in [-0.39, 0.29) is 11.6 Å². The van der Waals surface area contributed by atoms with Gasteiger partial charge in [0.05, 0.1) is 11.7 Å². The molecule has 1 aliphatic rings. The standard InChI is InChI=1S/C14H15N3O3S/c1-15-11-6-4-8-16-14(11)21(18,19)17-12-9-20-13-7-3-2-5-10(12)13/h2-8,12,15,17H,9H2,1H3. The Balaban J connectivity index is 1.91. The van der Waals surface area contributed by atoms with Gasteiger partial charge in [0.2, 0.25) is 0 Å². The number of rotatable bonds is 4. The molecule has 1 aromatic heterocycles. The first kappa shape index (κ1) is 13.8. The lowest BCUT2D eigenvalue weighted by atomic mass is 10.1. The van der Waals surface area contributed by atoms with Crippen LogP contribution in [0.15, 0.2) is 47.6 Å². The van der Waals surface area contributed by atoms with Gasteiger partial charge in [-0.05, 0) is 18.2 Å². The van der Waals surface area contributed by atoms with Crippen LogP contribution in [0.3, 0.4) is 0 Å². The van der Waals surface area contributed by atoms with Gasteiger partial charge >= 0.3 is 0 Å². The number of sulfonamides is 1. The number of anilines is 1. The molecule has 1 atom stereocenters. The summed E-state index contributed by atoms with van der Waals surface area (Å²) in [5, 5.41) is 2.82. The largest absolute Gasteiger partial charge is 0.491 e. The average molecular weight is 305 g/mol. The van der Waals surface area contributed by atoms with Crippen molar-refractivity contribution in [1.82, 2.24) is 9.71 Å². The van der Waals surface area contributed by atoms with Crippen molar-refractivity contribution in [2.24, 2.45) is 0 Å². The van der Waals surface area contributed by atoms with Gasteiger partial charge in [0, 0.05) is 18.8 Å². The number of pyridine rings is 1. The number of fused-ring (bicyclic) bond motifs is 1. The second-order valence-corrected chi connectivity index (χ2v) is 6.26. The molecule has 0 bridgehead atoms. The molecule has 3 rings (SSSR count). The van der Waals surface area contributed by atoms with Crippen molar-refractivity contribution in [3.8, 4) is 5.75 Å². The van der Waals surface area contributed by atoms with Crippen LogP contribution in [0.4, 0.5) is 5.69 Å². The summed E-state index contributed by atoms with van der Waals surface area (Å²) in [7, 11) is -2.08. The quantitative estimate of drug-likeness (QED) is 0.895. The van der Waals surface area contributed by atoms with E-state index in [4.69, 9.17) is 4.74 Å². The minimum Gasteiger partial charge on any atom is -0.491 e. The van der Waals surface area contributed by atoms with E-state index in [9.17, 15) is 8.42 Å². The number of hydrogen-bond acceptors (Lipinski definition) is 5. The van der Waals surface area contributed by atoms with Crippen LogP contribution < -0.4 is 14.8 Å². The van der Waals surface area contributed by atoms with Crippen molar-refractivity contribution in [2.45, 2.75) is 11.1 Å². The highest BCUT2D eigenvalue weighted by Crippen LogP contribution is 2.33. The average Bonchev–Trinajstić information content (AvgIpc) is 2.90. The Morgan fingerprint density at radius 1 is 1.24 bits per heavy atom. The number of nitrogens with zero attached hydrogens (tertiary/aromatic N) is 1. The van der Waals surface area contributed by atoms with Gasteiger partial charge in [0.25, 0.3) is 10.0 Å². The van der Waals surface area contributed by atoms with Crippen molar-refractivity contribution >= 4 is 15.7 Å². The second kappa shape index (κ2) is 5.34. The molecule has 0 spiro atoms. The minimum atomic E-state index is -3.73. The molecule has 0 aliphatic carbocycles. The topological polar surface area (TPSA) is 80.3 Å². The fourth-order valence-electron chi connectivity index (χ4n) is 2.30. The van der Waals surface area contributed by atoms with E-state index in [2.05, 4.69) is 15.0 Å². The Hall–Kier alpha value is -2.12. The summed E-state index contributed by atoms with van der Waals surface area (Å²) in [6.45, 7) is 0.278. The van der Waals surface area contributed by atoms with Crippen molar-refractivity contribution in [2.75, 3.05) is 19.0 Å². The Labute approximate surface area is 123 Å². The van der Waals surface area contributed by atoms with E-state index in [1.54, 1.807) is 19.2 Å². The Kier molecular flexibility index (Phi) is 3.52. The molecule has 2 heterocycles. The smallest absolute Gasteiger partial charge is 0.260 e. The van der Waals surface area contributed by atoms with Crippen LogP contribution in [0, 0.1) is 0 Å². The lowest BCUT2D eigenvalue weighted by molar-refractivity contribution is 0.325. The first-order valence-electron chi connectivity index (χ1n) is 6.48. The van der Waals surface area contributed by atoms with Crippen LogP contribution in [0.25, 0.3) is 0 Å². The van der Waals surface area contributed by atoms with E-state index in [0.717, 1.165) is 5.56 Å². The lowest BCUT2D eigenvalue weighted by Gasteiger charge is -2.14. The minimum absolute atomic E-state index is 0.0168. The molecule has 1 aromatic carbocycles. The van der Waals surface area contributed by atoms with Gasteiger partial charge in [0.1, 0.15) is 12.4 Å². The van der Waals surface area contributed by atoms with Crippen molar-refractivity contribution in [1.29, 1.82) is 0 Å². The van der Waals surface area contributed by atoms with Gasteiger partial charge in [-0.15, -0.1) is 0 Å². The fourth-order valence-corrected chi connectivity index (χ4v) is 3.64. The number of nitrogens with one attached hydrogen (secondary N) is 2. The van der Waals surface area contributed by atoms with Crippen LogP contribution in [-0.2, 0) is 10.0 Å². The second-order valence-electron chi connectivity index (χ2n) is 4.63. The van der Waals surface area contributed by atoms with Gasteiger partial charge in [0.15, 0.2) is 5.03 Å². The zero-order valence-electron chi connectivity index (χ0n) is 11.4. The molecule has 2 aromatic rings. The number of benzene rings is 1. The molecule has 0 fully saturated rings. The van der Waals surface area contributed by atoms with E-state index in [0.29, 0.717) is 11.4 Å². The molecule has 0 radical (unpaired) electrons. The SMILES string of the molecule is CNc1cccnc1S(=O)(=O)NC1COc2ccccc21. The summed E-state index contributed by atoms with van der Waals surface area (Å²) in [5.74, 6) is 0.708. The third-order valence-electron chi connectivity index (χ3n) is 3.29. The number of ether oxygens (including phenoxy) is 1. The van der Waals surface area contributed by atoms with Crippen molar-refractivity contribution < 1.29 is 13.2 Å². The molecule has 0 amide bonds. The zero-order valence-corrected chi connectivity index (χ0v) is 12.2. The van der Waals surface area contributed by atoms with Crippen LogP contribution >= 0.6 is 0 Å². The maximum absolute atomic E-state index is 12.5. The Morgan fingerprint density at radius 3 is 2.86 bits per heavy atom. The molecule has 0 saturated carbocycles. The summed E-state index contributed by atoms with van der Waals surface area (Å²) in [6, 6.07) is 10.3. The molecule has 110 valence electrons. The molecule has 1 aliphatic heterocycles. The number of hydrogen-bond donors (Lipinski definition) is 2. The monoisotopic (exact) mass is 305 g/mol. The molecule has 0 saturated heterocycles. The van der Waals surface area contributed by atoms with E-state index in [1.165, 1.54) is 6.20 Å². The maximum Gasteiger partial charge on any atom is 0.260 e. The van der Waals surface area contributed by atoms with Gasteiger partial charge < -0.3 is 10.1 Å². The zero-order chi connectivity index (χ0) is 14.9. The third-order valence-corrected chi connectivity index (χ3v) is 4.72. The molecular formula is C14H15N3O3S. The van der Waals surface area contributed by atoms with E-state index < -0.39 is 16.1 Å². The Morgan fingerprint density at radius 2 is 2.05 bits per heavy atom. The predicted octanol–water partition coefficient (Wildman–Crippen LogP) is 1.54. The molecule has 7 heteroatoms. The van der Waals surface area contributed by atoms with Crippen molar-refractivity contribution in [3.63, 3.8) is 0 Å². The van der Waals surface area contributed by atoms with Crippen molar-refractivity contribution in [3.05, 3.63) is 48.2 Å². The highest BCUT2D eigenvalue weighted by molar-refractivity contribution is 7.89. The third kappa shape index (κ3) is 2.57. The molecule has 6 nitrogen and oxygen atoms in total. The van der Waals surface area contributed by atoms with Crippen LogP contribution in [0.2, 0.25) is 0 Å². The Bertz CT molecular complexity index is 762. The van der Waals surface area contributed by atoms with Gasteiger partial charge in [-0.1, -0.05) is 18.2 Å². The molecule has 1 unspecified atom stereocenters. The first-order valence-corrected chi connectivity index (χ1v) is 7.97. The summed E-state index contributed by atoms with van der Waals surface area (Å²) >= 11 is 0. The molecule has 2 N–H and O–H groups in total. The van der Waals surface area contributed by atoms with Crippen LogP contribution in [0.5, 0.6) is 5.75 Å². The highest BCUT2D eigenvalue weighted by Gasteiger charge is 2.30. The fraction of sp³-hybridized carbons (Fsp3) is 0.214. The van der Waals surface area contributed by atoms with Gasteiger partial charge in [-0.3, -0.25) is 0 Å². The van der Waals surface area contributed by atoms with Gasteiger partial charge in [-0.2, -0.15) is 4.72 Å². The van der Waals surface area contributed by atoms with Crippen LogP contribution in [0.1, 0.15) is 11.6 Å². The highest BCUT2D eigenvalue weighted by atomic mass is 32.2. The molecular weight excluding hydrogens is 290 g/mol. The number of para-hydroxylation sites is 1. The summed E-state index contributed by atoms with van der Waals surface area (Å²) in [4.78, 5) is 3.97. The van der Waals surface area contributed by atoms with Crippen LogP contribution in [-0.4, -0.2) is 27.1 Å². The van der Waals surface area contributed by atoms with E-state index >= 15 is 0 Å². The summed E-state index contributed by atoms with van der Waals surface area (Å²) in [6.07, 6.45) is 1.45. The normalized spacial score (nSPS) is 17.1. The summed E-state index contributed by atoms with van der Waals surface area (Å²) in [5.41, 5.74) is 1.29. The first-order chi connectivity index (χ1) is 10.1. The van der Waals surface area contributed by atoms with E-state index in [1.807, 2.05) is 24.3 Å². The van der Waals surface area contributed by atoms with Gasteiger partial charge in [-0.25, -0.2) is 13.4 Å². The molecule has 21 heavy (non-hydrogen) atoms. The maximum atomic E-state index is 12.5. The lowest BCUT2D eigenvalue weighted by Crippen LogP contribution is -2.30. The predicted molar refractivity (Wildman–Crippen MR) is 78.8 cm³/mol. The number of aromatic nitrogens is 1.